The molecule has 448 valence electrons. The van der Waals surface area contributed by atoms with Gasteiger partial charge >= 0.3 is 49.0 Å². The molecule has 0 aliphatic carbocycles. The Balaban J connectivity index is 0. The van der Waals surface area contributed by atoms with Crippen LogP contribution in [0.15, 0.2) is 0 Å². The number of nitrogens with zero attached hydrogens (tertiary/aromatic N) is 1. The second-order valence-electron chi connectivity index (χ2n) is 18.4. The lowest BCUT2D eigenvalue weighted by molar-refractivity contribution is -0.221. The van der Waals surface area contributed by atoms with E-state index in [9.17, 15) is 80.6 Å². The van der Waals surface area contributed by atoms with Crippen molar-refractivity contribution in [3.63, 3.8) is 0 Å². The maximum absolute atomic E-state index is 12.8. The van der Waals surface area contributed by atoms with E-state index in [1.54, 1.807) is 19.2 Å². The number of carbonyl (C=O) groups is 4. The third-order valence-electron chi connectivity index (χ3n) is 10.9. The molecule has 32 heteroatoms. The van der Waals surface area contributed by atoms with Crippen molar-refractivity contribution >= 4 is 23.8 Å². The largest absolute Gasteiger partial charge is 0.491 e. The average Bonchev–Trinajstić information content (AvgIpc) is 3.84. The number of ether oxygens (including phenoxy) is 7. The molecular weight excluding hydrogens is 1070 g/mol. The van der Waals surface area contributed by atoms with Crippen molar-refractivity contribution < 1.29 is 119 Å². The van der Waals surface area contributed by atoms with Gasteiger partial charge in [0.05, 0.1) is 39.6 Å². The Bertz CT molecular complexity index is 1660. The van der Waals surface area contributed by atoms with Crippen molar-refractivity contribution in [2.75, 3.05) is 72.4 Å². The number of alkyl halides is 14. The lowest BCUT2D eigenvalue weighted by atomic mass is 9.75. The smallest absolute Gasteiger partial charge is 0.443 e. The first kappa shape index (κ1) is 74.1. The number of aliphatic hydroxyl groups is 1. The Morgan fingerprint density at radius 1 is 0.605 bits per heavy atom. The van der Waals surface area contributed by atoms with Crippen LogP contribution in [-0.2, 0) is 52.3 Å². The highest BCUT2D eigenvalue weighted by Crippen LogP contribution is 2.39. The minimum absolute atomic E-state index is 0.00331. The van der Waals surface area contributed by atoms with Crippen LogP contribution in [0.5, 0.6) is 0 Å². The molecule has 0 aromatic rings. The summed E-state index contributed by atoms with van der Waals surface area (Å²) < 4.78 is 204. The SMILES string of the molecule is CC1(C)OCC(COCC(CCCN)(CCCN)CCCN)O1.CC1(C)OCC(COCC(CCCNC(=O)C(F)F)(CCCNC(=O)C(F)(F)F)CCCC(F)(F)F)O1.N#CO.O=C(OC(=O)C(F)(F)F)C(F)(F)F. The highest BCUT2D eigenvalue weighted by Gasteiger charge is 2.49. The highest BCUT2D eigenvalue weighted by atomic mass is 19.4. The van der Waals surface area contributed by atoms with Crippen LogP contribution in [0.1, 0.15) is 111 Å². The van der Waals surface area contributed by atoms with E-state index in [2.05, 4.69) is 4.74 Å². The molecule has 0 aromatic heterocycles. The van der Waals surface area contributed by atoms with Crippen molar-refractivity contribution in [2.45, 2.75) is 166 Å². The topological polar surface area (TPSA) is 279 Å². The van der Waals surface area contributed by atoms with Crippen LogP contribution in [0.4, 0.5) is 61.5 Å². The summed E-state index contributed by atoms with van der Waals surface area (Å²) in [6.07, 6.45) is -18.6. The molecule has 18 nitrogen and oxygen atoms in total. The zero-order chi connectivity index (χ0) is 59.1. The van der Waals surface area contributed by atoms with Crippen LogP contribution in [0.3, 0.4) is 0 Å². The number of carbonyl (C=O) groups excluding carboxylic acids is 4. The second-order valence-corrected chi connectivity index (χ2v) is 18.4. The van der Waals surface area contributed by atoms with Crippen LogP contribution in [0, 0.1) is 22.3 Å². The molecule has 3 atom stereocenters. The van der Waals surface area contributed by atoms with Crippen LogP contribution in [0.2, 0.25) is 0 Å². The average molecular weight is 1140 g/mol. The fourth-order valence-electron chi connectivity index (χ4n) is 7.50. The number of aliphatic hydroxyl groups excluding tert-OH is 1. The number of rotatable bonds is 29. The molecule has 2 aliphatic rings. The van der Waals surface area contributed by atoms with E-state index in [1.165, 1.54) is 0 Å². The molecule has 9 N–H and O–H groups in total. The number of amides is 2. The number of hydrogen-bond acceptors (Lipinski definition) is 16. The minimum atomic E-state index is -5.62. The number of nitriles is 1. The summed E-state index contributed by atoms with van der Waals surface area (Å²) in [5.74, 6) is -11.4. The summed E-state index contributed by atoms with van der Waals surface area (Å²) in [6, 6.07) is 0. The van der Waals surface area contributed by atoms with Gasteiger partial charge in [0.2, 0.25) is 0 Å². The molecule has 0 spiro atoms. The normalized spacial score (nSPS) is 18.1. The summed E-state index contributed by atoms with van der Waals surface area (Å²) >= 11 is 0. The lowest BCUT2D eigenvalue weighted by Gasteiger charge is -2.35. The predicted octanol–water partition coefficient (Wildman–Crippen LogP) is 6.87. The molecule has 0 aromatic carbocycles. The third-order valence-corrected chi connectivity index (χ3v) is 10.9. The molecule has 3 unspecified atom stereocenters. The molecule has 2 amide bonds. The van der Waals surface area contributed by atoms with Gasteiger partial charge in [-0.1, -0.05) is 0 Å². The first-order chi connectivity index (χ1) is 34.9. The van der Waals surface area contributed by atoms with Gasteiger partial charge in [0.25, 0.3) is 12.2 Å². The van der Waals surface area contributed by atoms with Crippen LogP contribution >= 0.6 is 0 Å². The number of hydrogen-bond donors (Lipinski definition) is 6. The van der Waals surface area contributed by atoms with E-state index < -0.39 is 84.4 Å². The van der Waals surface area contributed by atoms with Gasteiger partial charge in [0, 0.05) is 19.5 Å². The Labute approximate surface area is 431 Å². The fraction of sp³-hybridized carbons (Fsp3) is 0.886. The Morgan fingerprint density at radius 3 is 1.24 bits per heavy atom. The summed E-state index contributed by atoms with van der Waals surface area (Å²) in [5.41, 5.74) is 16.3. The number of halogens is 14. The quantitative estimate of drug-likeness (QED) is 0.0146. The van der Waals surface area contributed by atoms with E-state index in [1.807, 2.05) is 19.2 Å². The van der Waals surface area contributed by atoms with E-state index in [-0.39, 0.29) is 83.0 Å². The maximum Gasteiger partial charge on any atom is 0.491 e. The second kappa shape index (κ2) is 35.5. The van der Waals surface area contributed by atoms with Crippen LogP contribution < -0.4 is 27.8 Å². The zero-order valence-electron chi connectivity index (χ0n) is 42.6. The maximum atomic E-state index is 12.8. The molecule has 2 rings (SSSR count). The predicted molar refractivity (Wildman–Crippen MR) is 238 cm³/mol. The fourth-order valence-corrected chi connectivity index (χ4v) is 7.50. The van der Waals surface area contributed by atoms with Crippen LogP contribution in [-0.4, -0.2) is 156 Å². The van der Waals surface area contributed by atoms with Crippen molar-refractivity contribution in [1.29, 1.82) is 5.26 Å². The number of nitrogens with one attached hydrogen (secondary N) is 2. The molecule has 0 bridgehead atoms. The van der Waals surface area contributed by atoms with E-state index in [4.69, 9.17) is 56.0 Å². The van der Waals surface area contributed by atoms with Gasteiger partial charge in [-0.2, -0.15) is 66.7 Å². The van der Waals surface area contributed by atoms with Crippen molar-refractivity contribution in [1.82, 2.24) is 10.6 Å². The Morgan fingerprint density at radius 2 is 0.947 bits per heavy atom. The Hall–Kier alpha value is -3.97. The number of nitrogens with two attached hydrogens (primary N) is 3. The highest BCUT2D eigenvalue weighted by molar-refractivity contribution is 5.90. The third kappa shape index (κ3) is 35.4. The van der Waals surface area contributed by atoms with Crippen molar-refractivity contribution in [3.8, 4) is 6.26 Å². The van der Waals surface area contributed by atoms with E-state index >= 15 is 0 Å². The Kier molecular flexibility index (Phi) is 34.6. The summed E-state index contributed by atoms with van der Waals surface area (Å²) in [5, 5.41) is 17.5. The minimum Gasteiger partial charge on any atom is -0.443 e. The molecule has 2 saturated heterocycles. The van der Waals surface area contributed by atoms with Crippen LogP contribution in [0.25, 0.3) is 0 Å². The first-order valence-corrected chi connectivity index (χ1v) is 23.7. The van der Waals surface area contributed by atoms with Gasteiger partial charge in [0.1, 0.15) is 12.2 Å². The van der Waals surface area contributed by atoms with Gasteiger partial charge in [-0.05, 0) is 135 Å². The van der Waals surface area contributed by atoms with Gasteiger partial charge < -0.3 is 66.1 Å². The molecule has 76 heavy (non-hydrogen) atoms. The van der Waals surface area contributed by atoms with Crippen molar-refractivity contribution in [3.05, 3.63) is 0 Å². The monoisotopic (exact) mass is 1140 g/mol. The molecule has 0 saturated carbocycles. The summed E-state index contributed by atoms with van der Waals surface area (Å²) in [7, 11) is 0. The van der Waals surface area contributed by atoms with Crippen molar-refractivity contribution in [2.24, 2.45) is 28.0 Å². The molecule has 2 heterocycles. The van der Waals surface area contributed by atoms with Gasteiger partial charge in [-0.3, -0.25) is 9.59 Å². The summed E-state index contributed by atoms with van der Waals surface area (Å²) in [6.45, 7) is 10.9. The van der Waals surface area contributed by atoms with Gasteiger partial charge in [-0.25, -0.2) is 9.59 Å². The lowest BCUT2D eigenvalue weighted by Crippen LogP contribution is -2.38. The van der Waals surface area contributed by atoms with E-state index in [0.717, 1.165) is 44.8 Å². The van der Waals surface area contributed by atoms with Gasteiger partial charge in [-0.15, -0.1) is 0 Å². The van der Waals surface area contributed by atoms with E-state index in [0.29, 0.717) is 39.5 Å². The summed E-state index contributed by atoms with van der Waals surface area (Å²) in [4.78, 5) is 41.5. The molecular formula is C44H72F14N6O12. The molecule has 2 fully saturated rings. The van der Waals surface area contributed by atoms with Gasteiger partial charge in [0.15, 0.2) is 11.6 Å². The standard InChI is InChI=1S/C22H34F8N2O5.C17H37N3O3.C4F6O3.CHNO/c1-19(2)36-13-15(37-19)12-35-14-20(6-3-9-21(25,26)27,7-4-10-31-17(33)16(23)24)8-5-11-32-18(34)22(28,29)30;1-16(2)22-13-15(23-16)12-21-14-17(6-3-9-18,7-4-10-19)8-5-11-20;5-3(6,7)1(11)13-2(12)4(8,9)10;2-1-3/h15-16H,3-14H2,1-2H3,(H,31,33)(H,32,34);15H,3-14,18-20H2,1-2H3;;3H. The first-order valence-electron chi connectivity index (χ1n) is 23.7. The molecule has 2 aliphatic heterocycles. The molecule has 0 radical (unpaired) electrons. The number of esters is 2. The zero-order valence-corrected chi connectivity index (χ0v) is 42.6.